The number of benzene rings is 3. The molecule has 1 fully saturated rings. The molecule has 11 nitrogen and oxygen atoms in total. The molecule has 1 saturated heterocycles. The van der Waals surface area contributed by atoms with Crippen LogP contribution in [-0.2, 0) is 38.0 Å². The third-order valence-electron chi connectivity index (χ3n) is 6.86. The Bertz CT molecular complexity index is 1410. The first-order valence-corrected chi connectivity index (χ1v) is 14.7. The molecule has 11 heteroatoms. The minimum atomic E-state index is -2.24. The summed E-state index contributed by atoms with van der Waals surface area (Å²) in [7, 11) is 0. The second kappa shape index (κ2) is 15.9. The Morgan fingerprint density at radius 3 is 1.49 bits per heavy atom. The molecular weight excluding hydrogens is 584 g/mol. The number of rotatable bonds is 14. The first-order chi connectivity index (χ1) is 21.8. The summed E-state index contributed by atoms with van der Waals surface area (Å²) >= 11 is 0. The standard InChI is InChI=1S/C34H36O11/c1-4-39-33(38)34(41-5-2,42-6-3)29-28(45-32(37)25-20-14-9-15-21-25)27(44-31(36)24-18-12-8-13-19-24)26(43-29)22-40-30(35)23-16-10-7-11-17-23/h7-21,26-29H,4-6,22H2,1-3H3. The number of esters is 4. The van der Waals surface area contributed by atoms with Crippen molar-refractivity contribution in [2.45, 2.75) is 51.0 Å². The van der Waals surface area contributed by atoms with Gasteiger partial charge in [-0.15, -0.1) is 0 Å². The molecule has 0 radical (unpaired) electrons. The number of carbonyl (C=O) groups excluding carboxylic acids is 4. The van der Waals surface area contributed by atoms with Crippen LogP contribution in [0.3, 0.4) is 0 Å². The van der Waals surface area contributed by atoms with Gasteiger partial charge in [0, 0.05) is 13.2 Å². The average Bonchev–Trinajstić information content (AvgIpc) is 3.41. The Labute approximate surface area is 261 Å². The van der Waals surface area contributed by atoms with E-state index in [4.69, 9.17) is 33.2 Å². The van der Waals surface area contributed by atoms with E-state index in [1.54, 1.807) is 112 Å². The van der Waals surface area contributed by atoms with Crippen molar-refractivity contribution in [2.75, 3.05) is 26.4 Å². The van der Waals surface area contributed by atoms with Gasteiger partial charge >= 0.3 is 23.9 Å². The fraction of sp³-hybridized carbons (Fsp3) is 0.353. The summed E-state index contributed by atoms with van der Waals surface area (Å²) in [6.45, 7) is 4.37. The molecule has 0 N–H and O–H groups in total. The van der Waals surface area contributed by atoms with Gasteiger partial charge in [0.25, 0.3) is 5.79 Å². The molecule has 45 heavy (non-hydrogen) atoms. The minimum absolute atomic E-state index is 0.0214. The van der Waals surface area contributed by atoms with Crippen LogP contribution in [0.4, 0.5) is 0 Å². The first-order valence-electron chi connectivity index (χ1n) is 14.7. The highest BCUT2D eigenvalue weighted by Crippen LogP contribution is 2.38. The lowest BCUT2D eigenvalue weighted by Gasteiger charge is -2.37. The van der Waals surface area contributed by atoms with Gasteiger partial charge in [-0.25, -0.2) is 19.2 Å². The highest BCUT2D eigenvalue weighted by molar-refractivity contribution is 5.91. The fourth-order valence-electron chi connectivity index (χ4n) is 4.89. The van der Waals surface area contributed by atoms with E-state index in [0.29, 0.717) is 0 Å². The van der Waals surface area contributed by atoms with Gasteiger partial charge in [0.2, 0.25) is 0 Å². The Kier molecular flexibility index (Phi) is 11.8. The van der Waals surface area contributed by atoms with Crippen LogP contribution in [0.25, 0.3) is 0 Å². The van der Waals surface area contributed by atoms with E-state index < -0.39 is 60.7 Å². The van der Waals surface area contributed by atoms with Crippen LogP contribution in [-0.4, -0.2) is 80.5 Å². The van der Waals surface area contributed by atoms with Gasteiger partial charge in [0.05, 0.1) is 23.3 Å². The quantitative estimate of drug-likeness (QED) is 0.144. The van der Waals surface area contributed by atoms with Crippen molar-refractivity contribution in [3.05, 3.63) is 108 Å². The van der Waals surface area contributed by atoms with Gasteiger partial charge in [-0.2, -0.15) is 0 Å². The van der Waals surface area contributed by atoms with Crippen LogP contribution >= 0.6 is 0 Å². The zero-order valence-electron chi connectivity index (χ0n) is 25.3. The van der Waals surface area contributed by atoms with Crippen LogP contribution in [0.15, 0.2) is 91.0 Å². The van der Waals surface area contributed by atoms with Crippen molar-refractivity contribution < 1.29 is 52.3 Å². The molecule has 238 valence electrons. The maximum absolute atomic E-state index is 13.6. The third-order valence-corrected chi connectivity index (χ3v) is 6.86. The van der Waals surface area contributed by atoms with Crippen molar-refractivity contribution in [3.8, 4) is 0 Å². The van der Waals surface area contributed by atoms with E-state index >= 15 is 0 Å². The van der Waals surface area contributed by atoms with Crippen molar-refractivity contribution in [3.63, 3.8) is 0 Å². The molecule has 3 aromatic rings. The van der Waals surface area contributed by atoms with Crippen LogP contribution in [0.2, 0.25) is 0 Å². The van der Waals surface area contributed by atoms with Crippen LogP contribution in [0.5, 0.6) is 0 Å². The summed E-state index contributed by atoms with van der Waals surface area (Å²) in [4.78, 5) is 53.2. The molecule has 1 aliphatic heterocycles. The molecule has 0 aliphatic carbocycles. The van der Waals surface area contributed by atoms with Crippen molar-refractivity contribution in [2.24, 2.45) is 0 Å². The Hall–Kier alpha value is -4.58. The molecule has 4 unspecified atom stereocenters. The van der Waals surface area contributed by atoms with E-state index in [-0.39, 0.29) is 36.5 Å². The largest absolute Gasteiger partial charge is 0.462 e. The summed E-state index contributed by atoms with van der Waals surface area (Å²) in [5.74, 6) is -5.40. The molecule has 0 aromatic heterocycles. The highest BCUT2D eigenvalue weighted by atomic mass is 16.8. The van der Waals surface area contributed by atoms with Gasteiger partial charge in [-0.3, -0.25) is 0 Å². The zero-order valence-corrected chi connectivity index (χ0v) is 25.3. The summed E-state index contributed by atoms with van der Waals surface area (Å²) in [5, 5.41) is 0. The molecule has 4 rings (SSSR count). The lowest BCUT2D eigenvalue weighted by molar-refractivity contribution is -0.292. The topological polar surface area (TPSA) is 133 Å². The Balaban J connectivity index is 1.77. The van der Waals surface area contributed by atoms with Crippen LogP contribution in [0.1, 0.15) is 51.8 Å². The van der Waals surface area contributed by atoms with E-state index in [1.807, 2.05) is 0 Å². The van der Waals surface area contributed by atoms with Gasteiger partial charge in [-0.05, 0) is 57.2 Å². The summed E-state index contributed by atoms with van der Waals surface area (Å²) < 4.78 is 40.9. The highest BCUT2D eigenvalue weighted by Gasteiger charge is 2.64. The molecule has 1 aliphatic rings. The molecule has 0 amide bonds. The van der Waals surface area contributed by atoms with Crippen molar-refractivity contribution >= 4 is 23.9 Å². The van der Waals surface area contributed by atoms with Crippen molar-refractivity contribution in [1.82, 2.24) is 0 Å². The molecule has 3 aromatic carbocycles. The second-order valence-electron chi connectivity index (χ2n) is 9.79. The lowest BCUT2D eigenvalue weighted by atomic mass is 9.99. The number of ether oxygens (including phenoxy) is 7. The summed E-state index contributed by atoms with van der Waals surface area (Å²) in [5.41, 5.74) is 0.680. The van der Waals surface area contributed by atoms with E-state index in [9.17, 15) is 19.2 Å². The van der Waals surface area contributed by atoms with E-state index in [0.717, 1.165) is 0 Å². The molecule has 0 spiro atoms. The molecule has 4 atom stereocenters. The van der Waals surface area contributed by atoms with Crippen molar-refractivity contribution in [1.29, 1.82) is 0 Å². The van der Waals surface area contributed by atoms with Gasteiger partial charge in [0.1, 0.15) is 12.7 Å². The van der Waals surface area contributed by atoms with Gasteiger partial charge in [-0.1, -0.05) is 54.6 Å². The number of carbonyl (C=O) groups is 4. The zero-order chi connectivity index (χ0) is 32.2. The van der Waals surface area contributed by atoms with Crippen LogP contribution in [0, 0.1) is 0 Å². The molecule has 1 heterocycles. The Morgan fingerprint density at radius 1 is 0.600 bits per heavy atom. The first kappa shape index (κ1) is 33.3. The van der Waals surface area contributed by atoms with E-state index in [2.05, 4.69) is 0 Å². The average molecular weight is 621 g/mol. The molecular formula is C34H36O11. The summed E-state index contributed by atoms with van der Waals surface area (Å²) in [6.07, 6.45) is -5.60. The predicted octanol–water partition coefficient (Wildman–Crippen LogP) is 4.39. The second-order valence-corrected chi connectivity index (χ2v) is 9.79. The normalized spacial score (nSPS) is 19.4. The molecule has 0 saturated carbocycles. The lowest BCUT2D eigenvalue weighted by Crippen LogP contribution is -2.60. The fourth-order valence-corrected chi connectivity index (χ4v) is 4.89. The minimum Gasteiger partial charge on any atom is -0.462 e. The third kappa shape index (κ3) is 7.93. The Morgan fingerprint density at radius 2 is 1.04 bits per heavy atom. The SMILES string of the molecule is CCOC(=O)C(OCC)(OCC)C1OC(COC(=O)c2ccccc2)C(OC(=O)c2ccccc2)C1OC(=O)c1ccccc1. The van der Waals surface area contributed by atoms with Crippen LogP contribution < -0.4 is 0 Å². The van der Waals surface area contributed by atoms with E-state index in [1.165, 1.54) is 0 Å². The monoisotopic (exact) mass is 620 g/mol. The number of hydrogen-bond donors (Lipinski definition) is 0. The summed E-state index contributed by atoms with van der Waals surface area (Å²) in [6, 6.07) is 24.5. The maximum atomic E-state index is 13.6. The van der Waals surface area contributed by atoms with Gasteiger partial charge in [0.15, 0.2) is 18.3 Å². The van der Waals surface area contributed by atoms with Gasteiger partial charge < -0.3 is 33.2 Å². The number of hydrogen-bond acceptors (Lipinski definition) is 11. The molecule has 0 bridgehead atoms. The smallest absolute Gasteiger partial charge is 0.369 e. The maximum Gasteiger partial charge on any atom is 0.369 e. The predicted molar refractivity (Wildman–Crippen MR) is 159 cm³/mol.